The van der Waals surface area contributed by atoms with Gasteiger partial charge in [0.2, 0.25) is 17.7 Å². The predicted molar refractivity (Wildman–Crippen MR) is 91.0 cm³/mol. The molecule has 3 amide bonds. The summed E-state index contributed by atoms with van der Waals surface area (Å²) in [6, 6.07) is 4.07. The Hall–Kier alpha value is -3.14. The van der Waals surface area contributed by atoms with Gasteiger partial charge in [0, 0.05) is 6.42 Å². The molecule has 10 heteroatoms. The van der Waals surface area contributed by atoms with Crippen molar-refractivity contribution in [3.05, 3.63) is 29.8 Å². The molecule has 26 heavy (non-hydrogen) atoms. The summed E-state index contributed by atoms with van der Waals surface area (Å²) >= 11 is 0. The molecular formula is C16H22N4O6. The molecule has 142 valence electrons. The van der Waals surface area contributed by atoms with Crippen molar-refractivity contribution < 1.29 is 29.4 Å². The number of phenolic OH excluding ortho intramolecular Hbond substituents is 1. The number of carbonyl (C=O) groups is 4. The van der Waals surface area contributed by atoms with Gasteiger partial charge in [-0.15, -0.1) is 0 Å². The van der Waals surface area contributed by atoms with E-state index < -0.39 is 42.3 Å². The lowest BCUT2D eigenvalue weighted by molar-refractivity contribution is -0.138. The molecule has 10 nitrogen and oxygen atoms in total. The first-order valence-electron chi connectivity index (χ1n) is 7.80. The maximum Gasteiger partial charge on any atom is 0.322 e. The van der Waals surface area contributed by atoms with E-state index in [1.54, 1.807) is 12.1 Å². The van der Waals surface area contributed by atoms with Gasteiger partial charge in [-0.25, -0.2) is 0 Å². The minimum atomic E-state index is -1.21. The molecular weight excluding hydrogens is 344 g/mol. The largest absolute Gasteiger partial charge is 0.508 e. The van der Waals surface area contributed by atoms with Crippen LogP contribution < -0.4 is 21.7 Å². The maximum atomic E-state index is 12.4. The number of amides is 3. The topological polar surface area (TPSA) is 171 Å². The number of nitrogens with two attached hydrogens (primary N) is 1. The Morgan fingerprint density at radius 1 is 1.08 bits per heavy atom. The second-order valence-electron chi connectivity index (χ2n) is 5.54. The summed E-state index contributed by atoms with van der Waals surface area (Å²) in [5.74, 6) is -3.00. The van der Waals surface area contributed by atoms with Crippen LogP contribution in [0.25, 0.3) is 0 Å². The maximum absolute atomic E-state index is 12.4. The van der Waals surface area contributed by atoms with Crippen LogP contribution in [0, 0.1) is 0 Å². The van der Waals surface area contributed by atoms with E-state index in [-0.39, 0.29) is 18.7 Å². The zero-order valence-electron chi connectivity index (χ0n) is 14.2. The number of benzene rings is 1. The lowest BCUT2D eigenvalue weighted by Gasteiger charge is -2.21. The van der Waals surface area contributed by atoms with E-state index in [4.69, 9.17) is 10.8 Å². The highest BCUT2D eigenvalue weighted by Gasteiger charge is 2.24. The molecule has 0 fully saturated rings. The second-order valence-corrected chi connectivity index (χ2v) is 5.54. The standard InChI is InChI=1S/C16H22N4O6/c1-9(15(25)18-8-14(23)24)19-16(26)12(20-13(22)7-17)6-10-2-4-11(21)5-3-10/h2-5,9,12,21H,6-8,17H2,1H3,(H,18,25)(H,19,26)(H,20,22)(H,23,24)/t9-,12-/m0/s1. The highest BCUT2D eigenvalue weighted by Crippen LogP contribution is 2.11. The van der Waals surface area contributed by atoms with Gasteiger partial charge in [-0.3, -0.25) is 19.2 Å². The number of phenols is 1. The average molecular weight is 366 g/mol. The second kappa shape index (κ2) is 9.99. The quantitative estimate of drug-likeness (QED) is 0.296. The zero-order valence-corrected chi connectivity index (χ0v) is 14.2. The Balaban J connectivity index is 2.76. The summed E-state index contributed by atoms with van der Waals surface area (Å²) in [6.07, 6.45) is 0.112. The van der Waals surface area contributed by atoms with E-state index in [2.05, 4.69) is 16.0 Å². The Kier molecular flexibility index (Phi) is 8.03. The highest BCUT2D eigenvalue weighted by molar-refractivity contribution is 5.93. The van der Waals surface area contributed by atoms with Crippen molar-refractivity contribution in [1.82, 2.24) is 16.0 Å². The lowest BCUT2D eigenvalue weighted by Crippen LogP contribution is -2.54. The number of hydrogen-bond donors (Lipinski definition) is 6. The molecule has 1 aromatic rings. The molecule has 0 aliphatic carbocycles. The molecule has 0 aromatic heterocycles. The van der Waals surface area contributed by atoms with Crippen LogP contribution in [-0.2, 0) is 25.6 Å². The van der Waals surface area contributed by atoms with E-state index >= 15 is 0 Å². The summed E-state index contributed by atoms with van der Waals surface area (Å²) in [7, 11) is 0. The van der Waals surface area contributed by atoms with E-state index in [9.17, 15) is 24.3 Å². The van der Waals surface area contributed by atoms with Crippen LogP contribution in [-0.4, -0.2) is 59.1 Å². The van der Waals surface area contributed by atoms with Gasteiger partial charge in [-0.05, 0) is 24.6 Å². The number of nitrogens with one attached hydrogen (secondary N) is 3. The molecule has 0 saturated carbocycles. The molecule has 0 unspecified atom stereocenters. The minimum Gasteiger partial charge on any atom is -0.508 e. The normalized spacial score (nSPS) is 12.5. The summed E-state index contributed by atoms with van der Waals surface area (Å²) in [5.41, 5.74) is 5.92. The minimum absolute atomic E-state index is 0.0597. The molecule has 0 saturated heterocycles. The summed E-state index contributed by atoms with van der Waals surface area (Å²) in [4.78, 5) is 46.2. The third-order valence-electron chi connectivity index (χ3n) is 3.38. The Morgan fingerprint density at radius 2 is 1.69 bits per heavy atom. The van der Waals surface area contributed by atoms with Crippen LogP contribution in [0.5, 0.6) is 5.75 Å². The zero-order chi connectivity index (χ0) is 19.7. The van der Waals surface area contributed by atoms with Gasteiger partial charge in [0.25, 0.3) is 0 Å². The van der Waals surface area contributed by atoms with Crippen molar-refractivity contribution in [3.8, 4) is 5.75 Å². The van der Waals surface area contributed by atoms with Crippen LogP contribution in [0.15, 0.2) is 24.3 Å². The van der Waals surface area contributed by atoms with E-state index in [0.717, 1.165) is 0 Å². The van der Waals surface area contributed by atoms with Crippen LogP contribution in [0.4, 0.5) is 0 Å². The van der Waals surface area contributed by atoms with Crippen molar-refractivity contribution in [2.24, 2.45) is 5.73 Å². The molecule has 0 heterocycles. The van der Waals surface area contributed by atoms with Crippen LogP contribution in [0.3, 0.4) is 0 Å². The van der Waals surface area contributed by atoms with Gasteiger partial charge >= 0.3 is 5.97 Å². The third kappa shape index (κ3) is 7.18. The fraction of sp³-hybridized carbons (Fsp3) is 0.375. The summed E-state index contributed by atoms with van der Waals surface area (Å²) in [6.45, 7) is 0.505. The fourth-order valence-electron chi connectivity index (χ4n) is 2.03. The number of rotatable bonds is 9. The smallest absolute Gasteiger partial charge is 0.322 e. The SMILES string of the molecule is C[C@H](NC(=O)[C@H](Cc1ccc(O)cc1)NC(=O)CN)C(=O)NCC(=O)O. The van der Waals surface area contributed by atoms with Gasteiger partial charge < -0.3 is 31.9 Å². The van der Waals surface area contributed by atoms with Crippen LogP contribution in [0.1, 0.15) is 12.5 Å². The number of aliphatic carboxylic acids is 1. The van der Waals surface area contributed by atoms with Crippen molar-refractivity contribution >= 4 is 23.7 Å². The van der Waals surface area contributed by atoms with E-state index in [1.165, 1.54) is 19.1 Å². The Bertz CT molecular complexity index is 661. The number of aromatic hydroxyl groups is 1. The average Bonchev–Trinajstić information content (AvgIpc) is 2.60. The van der Waals surface area contributed by atoms with Gasteiger partial charge in [-0.2, -0.15) is 0 Å². The van der Waals surface area contributed by atoms with Gasteiger partial charge in [-0.1, -0.05) is 12.1 Å². The third-order valence-corrected chi connectivity index (χ3v) is 3.38. The van der Waals surface area contributed by atoms with Gasteiger partial charge in [0.05, 0.1) is 6.54 Å². The Labute approximate surface area is 149 Å². The first kappa shape index (κ1) is 20.9. The Morgan fingerprint density at radius 3 is 2.23 bits per heavy atom. The van der Waals surface area contributed by atoms with Crippen molar-refractivity contribution in [2.45, 2.75) is 25.4 Å². The van der Waals surface area contributed by atoms with Crippen LogP contribution >= 0.6 is 0 Å². The van der Waals surface area contributed by atoms with E-state index in [0.29, 0.717) is 5.56 Å². The first-order valence-corrected chi connectivity index (χ1v) is 7.80. The number of carbonyl (C=O) groups excluding carboxylic acids is 3. The molecule has 7 N–H and O–H groups in total. The lowest BCUT2D eigenvalue weighted by atomic mass is 10.0. The molecule has 0 radical (unpaired) electrons. The molecule has 0 aliphatic heterocycles. The first-order chi connectivity index (χ1) is 12.2. The number of carboxylic acids is 1. The van der Waals surface area contributed by atoms with Gasteiger partial charge in [0.15, 0.2) is 0 Å². The van der Waals surface area contributed by atoms with Crippen molar-refractivity contribution in [2.75, 3.05) is 13.1 Å². The number of hydrogen-bond acceptors (Lipinski definition) is 6. The monoisotopic (exact) mass is 366 g/mol. The van der Waals surface area contributed by atoms with Crippen LogP contribution in [0.2, 0.25) is 0 Å². The van der Waals surface area contributed by atoms with Crippen molar-refractivity contribution in [1.29, 1.82) is 0 Å². The molecule has 0 bridgehead atoms. The molecule has 2 atom stereocenters. The fourth-order valence-corrected chi connectivity index (χ4v) is 2.03. The van der Waals surface area contributed by atoms with Gasteiger partial charge in [0.1, 0.15) is 24.4 Å². The summed E-state index contributed by atoms with van der Waals surface area (Å²) in [5, 5.41) is 24.9. The molecule has 1 aromatic carbocycles. The van der Waals surface area contributed by atoms with E-state index in [1.807, 2.05) is 0 Å². The number of carboxylic acid groups (broad SMARTS) is 1. The summed E-state index contributed by atoms with van der Waals surface area (Å²) < 4.78 is 0. The van der Waals surface area contributed by atoms with Crippen molar-refractivity contribution in [3.63, 3.8) is 0 Å². The highest BCUT2D eigenvalue weighted by atomic mass is 16.4. The molecule has 1 rings (SSSR count). The molecule has 0 aliphatic rings. The molecule has 0 spiro atoms. The predicted octanol–water partition coefficient (Wildman–Crippen LogP) is -1.92.